The van der Waals surface area contributed by atoms with Crippen LogP contribution >= 0.6 is 0 Å². The van der Waals surface area contributed by atoms with Crippen LogP contribution in [-0.4, -0.2) is 18.9 Å². The zero-order valence-electron chi connectivity index (χ0n) is 14.4. The van der Waals surface area contributed by atoms with Gasteiger partial charge in [0.1, 0.15) is 10.7 Å². The Kier molecular flexibility index (Phi) is 4.33. The lowest BCUT2D eigenvalue weighted by Gasteiger charge is -2.12. The molecule has 0 unspecified atom stereocenters. The molecule has 7 heteroatoms. The third-order valence-electron chi connectivity index (χ3n) is 4.47. The van der Waals surface area contributed by atoms with Gasteiger partial charge in [0.2, 0.25) is 0 Å². The molecule has 1 amide bonds. The predicted octanol–water partition coefficient (Wildman–Crippen LogP) is 4.63. The highest BCUT2D eigenvalue weighted by Gasteiger charge is 2.19. The molecule has 0 saturated heterocycles. The van der Waals surface area contributed by atoms with Gasteiger partial charge in [-0.05, 0) is 45.8 Å². The van der Waals surface area contributed by atoms with E-state index in [1.165, 1.54) is 6.07 Å². The largest absolute Gasteiger partial charge is 0.322 e. The van der Waals surface area contributed by atoms with Gasteiger partial charge in [-0.1, -0.05) is 48.5 Å². The van der Waals surface area contributed by atoms with Crippen LogP contribution in [0.15, 0.2) is 77.7 Å². The summed E-state index contributed by atoms with van der Waals surface area (Å²) >= 11 is 0. The van der Waals surface area contributed by atoms with E-state index >= 15 is 0 Å². The van der Waals surface area contributed by atoms with Crippen LogP contribution in [0.3, 0.4) is 0 Å². The van der Waals surface area contributed by atoms with Crippen molar-refractivity contribution in [3.8, 4) is 0 Å². The monoisotopic (exact) mass is 395 g/mol. The number of halogens is 1. The third-order valence-corrected chi connectivity index (χ3v) is 5.33. The van der Waals surface area contributed by atoms with Gasteiger partial charge < -0.3 is 5.32 Å². The first kappa shape index (κ1) is 18.1. The number of nitrogens with one attached hydrogen (secondary N) is 1. The maximum absolute atomic E-state index is 13.7. The molecule has 4 aromatic carbocycles. The second-order valence-electron chi connectivity index (χ2n) is 6.27. The summed E-state index contributed by atoms with van der Waals surface area (Å²) in [6.45, 7) is 0. The molecule has 140 valence electrons. The van der Waals surface area contributed by atoms with Crippen LogP contribution in [0.4, 0.5) is 10.1 Å². The van der Waals surface area contributed by atoms with Gasteiger partial charge in [0.05, 0.1) is 5.56 Å². The van der Waals surface area contributed by atoms with E-state index < -0.39 is 26.7 Å². The van der Waals surface area contributed by atoms with Gasteiger partial charge in [0.25, 0.3) is 16.0 Å². The summed E-state index contributed by atoms with van der Waals surface area (Å²) in [6.07, 6.45) is 0. The summed E-state index contributed by atoms with van der Waals surface area (Å²) in [5.41, 5.74) is 0.475. The van der Waals surface area contributed by atoms with E-state index in [2.05, 4.69) is 5.32 Å². The van der Waals surface area contributed by atoms with Crippen LogP contribution in [0.25, 0.3) is 21.5 Å². The molecular formula is C21H14FNO4S. The molecule has 4 rings (SSSR count). The first-order valence-corrected chi connectivity index (χ1v) is 9.77. The van der Waals surface area contributed by atoms with Gasteiger partial charge in [-0.2, -0.15) is 8.42 Å². The molecule has 0 radical (unpaired) electrons. The van der Waals surface area contributed by atoms with Gasteiger partial charge in [0, 0.05) is 5.69 Å². The molecule has 0 fully saturated rings. The third kappa shape index (κ3) is 3.21. The number of fused-ring (bicyclic) bond motifs is 2. The molecule has 0 heterocycles. The van der Waals surface area contributed by atoms with E-state index in [4.69, 9.17) is 4.55 Å². The predicted molar refractivity (Wildman–Crippen MR) is 106 cm³/mol. The van der Waals surface area contributed by atoms with Crippen molar-refractivity contribution >= 4 is 43.3 Å². The second kappa shape index (κ2) is 6.70. The summed E-state index contributed by atoms with van der Waals surface area (Å²) in [5, 5.41) is 5.82. The number of hydrogen-bond acceptors (Lipinski definition) is 3. The molecule has 0 aliphatic carbocycles. The Labute approximate surface area is 160 Å². The van der Waals surface area contributed by atoms with Gasteiger partial charge in [-0.15, -0.1) is 0 Å². The van der Waals surface area contributed by atoms with Crippen molar-refractivity contribution in [1.29, 1.82) is 0 Å². The van der Waals surface area contributed by atoms with Crippen LogP contribution in [0.1, 0.15) is 10.4 Å². The van der Waals surface area contributed by atoms with Crippen molar-refractivity contribution in [3.05, 3.63) is 84.2 Å². The molecule has 0 saturated carbocycles. The van der Waals surface area contributed by atoms with Gasteiger partial charge >= 0.3 is 0 Å². The van der Waals surface area contributed by atoms with E-state index in [1.54, 1.807) is 0 Å². The number of benzene rings is 4. The Morgan fingerprint density at radius 2 is 1.43 bits per heavy atom. The summed E-state index contributed by atoms with van der Waals surface area (Å²) in [7, 11) is -4.75. The first-order chi connectivity index (χ1) is 13.3. The van der Waals surface area contributed by atoms with Crippen LogP contribution in [0.2, 0.25) is 0 Å². The zero-order valence-corrected chi connectivity index (χ0v) is 15.2. The summed E-state index contributed by atoms with van der Waals surface area (Å²) < 4.78 is 45.5. The highest BCUT2D eigenvalue weighted by Crippen LogP contribution is 2.29. The molecule has 2 N–H and O–H groups in total. The van der Waals surface area contributed by atoms with Crippen molar-refractivity contribution < 1.29 is 22.2 Å². The minimum Gasteiger partial charge on any atom is -0.322 e. The van der Waals surface area contributed by atoms with Gasteiger partial charge in [0.15, 0.2) is 0 Å². The molecule has 0 aromatic heterocycles. The lowest BCUT2D eigenvalue weighted by Crippen LogP contribution is -2.14. The smallest absolute Gasteiger partial charge is 0.297 e. The van der Waals surface area contributed by atoms with Crippen LogP contribution in [0, 0.1) is 5.82 Å². The van der Waals surface area contributed by atoms with Crippen molar-refractivity contribution in [2.24, 2.45) is 0 Å². The van der Waals surface area contributed by atoms with Gasteiger partial charge in [-0.25, -0.2) is 4.39 Å². The lowest BCUT2D eigenvalue weighted by atomic mass is 9.96. The summed E-state index contributed by atoms with van der Waals surface area (Å²) in [4.78, 5) is 12.2. The van der Waals surface area contributed by atoms with Crippen molar-refractivity contribution in [2.45, 2.75) is 4.90 Å². The quantitative estimate of drug-likeness (QED) is 0.391. The molecule has 0 aliphatic rings. The summed E-state index contributed by atoms with van der Waals surface area (Å²) in [6, 6.07) is 19.8. The normalized spacial score (nSPS) is 11.6. The van der Waals surface area contributed by atoms with E-state index in [9.17, 15) is 17.6 Å². The molecule has 0 aliphatic heterocycles. The SMILES string of the molecule is O=C(Nc1ccc(F)c(S(=O)(=O)O)c1)c1c2ccccc2cc2ccccc12. The van der Waals surface area contributed by atoms with E-state index in [1.807, 2.05) is 54.6 Å². The van der Waals surface area contributed by atoms with Crippen molar-refractivity contribution in [3.63, 3.8) is 0 Å². The highest BCUT2D eigenvalue weighted by molar-refractivity contribution is 7.85. The average molecular weight is 395 g/mol. The molecule has 0 spiro atoms. The first-order valence-electron chi connectivity index (χ1n) is 8.33. The highest BCUT2D eigenvalue weighted by atomic mass is 32.2. The number of anilines is 1. The lowest BCUT2D eigenvalue weighted by molar-refractivity contribution is 0.102. The molecule has 4 aromatic rings. The van der Waals surface area contributed by atoms with Gasteiger partial charge in [-0.3, -0.25) is 9.35 Å². The maximum atomic E-state index is 13.7. The number of rotatable bonds is 3. The minimum absolute atomic E-state index is 0.0519. The van der Waals surface area contributed by atoms with Crippen LogP contribution in [-0.2, 0) is 10.1 Å². The maximum Gasteiger partial charge on any atom is 0.297 e. The van der Waals surface area contributed by atoms with E-state index in [-0.39, 0.29) is 5.69 Å². The number of hydrogen-bond donors (Lipinski definition) is 2. The average Bonchev–Trinajstić information content (AvgIpc) is 2.66. The molecule has 0 bridgehead atoms. The summed E-state index contributed by atoms with van der Waals surface area (Å²) in [5.74, 6) is -1.57. The fourth-order valence-electron chi connectivity index (χ4n) is 3.23. The molecule has 28 heavy (non-hydrogen) atoms. The Balaban J connectivity index is 1.86. The van der Waals surface area contributed by atoms with Crippen molar-refractivity contribution in [2.75, 3.05) is 5.32 Å². The van der Waals surface area contributed by atoms with Crippen molar-refractivity contribution in [1.82, 2.24) is 0 Å². The fourth-order valence-corrected chi connectivity index (χ4v) is 3.82. The number of amides is 1. The Bertz CT molecular complexity index is 1300. The minimum atomic E-state index is -4.75. The number of carbonyl (C=O) groups is 1. The Hall–Kier alpha value is -3.29. The molecule has 0 atom stereocenters. The van der Waals surface area contributed by atoms with Crippen LogP contribution < -0.4 is 5.32 Å². The van der Waals surface area contributed by atoms with E-state index in [0.717, 1.165) is 33.7 Å². The number of carbonyl (C=O) groups excluding carboxylic acids is 1. The standard InChI is InChI=1S/C21H14FNO4S/c22-18-10-9-15(12-19(18)28(25,26)27)23-21(24)20-16-7-3-1-5-13(16)11-14-6-2-4-8-17(14)20/h1-12H,(H,23,24)(H,25,26,27). The molecular weight excluding hydrogens is 381 g/mol. The fraction of sp³-hybridized carbons (Fsp3) is 0. The van der Waals surface area contributed by atoms with Crippen LogP contribution in [0.5, 0.6) is 0 Å². The topological polar surface area (TPSA) is 83.5 Å². The Morgan fingerprint density at radius 3 is 2.00 bits per heavy atom. The second-order valence-corrected chi connectivity index (χ2v) is 7.66. The zero-order chi connectivity index (χ0) is 19.9. The Morgan fingerprint density at radius 1 is 0.857 bits per heavy atom. The molecule has 5 nitrogen and oxygen atoms in total. The van der Waals surface area contributed by atoms with E-state index in [0.29, 0.717) is 5.56 Å².